The van der Waals surface area contributed by atoms with Crippen molar-refractivity contribution in [3.05, 3.63) is 30.9 Å². The minimum atomic E-state index is -1.04. The van der Waals surface area contributed by atoms with Gasteiger partial charge in [0.25, 0.3) is 0 Å². The molecule has 1 N–H and O–H groups in total. The summed E-state index contributed by atoms with van der Waals surface area (Å²) in [4.78, 5) is 53.4. The fraction of sp³-hybridized carbons (Fsp3) is 0.188. The van der Waals surface area contributed by atoms with Crippen LogP contribution in [0.4, 0.5) is 9.93 Å². The number of ether oxygens (including phenoxy) is 1. The van der Waals surface area contributed by atoms with Gasteiger partial charge in [0.15, 0.2) is 5.13 Å². The number of methoxy groups -OCH3 is 1. The van der Waals surface area contributed by atoms with Crippen LogP contribution in [0.15, 0.2) is 30.9 Å². The van der Waals surface area contributed by atoms with Gasteiger partial charge in [-0.2, -0.15) is 0 Å². The molecule has 1 aliphatic heterocycles. The highest BCUT2D eigenvalue weighted by Crippen LogP contribution is 2.29. The maximum Gasteiger partial charge on any atom is 0.335 e. The van der Waals surface area contributed by atoms with Crippen molar-refractivity contribution in [1.29, 1.82) is 0 Å². The van der Waals surface area contributed by atoms with E-state index in [0.29, 0.717) is 21.3 Å². The van der Waals surface area contributed by atoms with E-state index in [0.717, 1.165) is 9.60 Å². The van der Waals surface area contributed by atoms with Crippen molar-refractivity contribution in [1.82, 2.24) is 14.8 Å². The molecule has 0 saturated carbocycles. The molecule has 2 aromatic rings. The van der Waals surface area contributed by atoms with Crippen molar-refractivity contribution < 1.29 is 23.9 Å². The number of thiazole rings is 1. The van der Waals surface area contributed by atoms with Gasteiger partial charge in [0.1, 0.15) is 12.3 Å². The Kier molecular flexibility index (Phi) is 4.67. The molecule has 1 aromatic carbocycles. The van der Waals surface area contributed by atoms with Gasteiger partial charge in [-0.1, -0.05) is 17.4 Å². The van der Waals surface area contributed by atoms with Crippen LogP contribution in [-0.4, -0.2) is 58.7 Å². The molecule has 26 heavy (non-hydrogen) atoms. The first-order chi connectivity index (χ1) is 12.4. The van der Waals surface area contributed by atoms with Gasteiger partial charge in [-0.05, 0) is 18.2 Å². The number of hydrogen-bond donors (Lipinski definition) is 1. The van der Waals surface area contributed by atoms with E-state index in [-0.39, 0.29) is 6.54 Å². The molecule has 0 bridgehead atoms. The van der Waals surface area contributed by atoms with Crippen LogP contribution in [0, 0.1) is 0 Å². The minimum absolute atomic E-state index is 0.0960. The zero-order valence-corrected chi connectivity index (χ0v) is 14.5. The zero-order chi connectivity index (χ0) is 18.8. The molecule has 0 atom stereocenters. The Labute approximate surface area is 151 Å². The highest BCUT2D eigenvalue weighted by atomic mass is 32.1. The van der Waals surface area contributed by atoms with E-state index in [1.165, 1.54) is 17.4 Å². The van der Waals surface area contributed by atoms with Crippen molar-refractivity contribution in [2.75, 3.05) is 25.5 Å². The molecule has 1 aromatic heterocycles. The third-order valence-electron chi connectivity index (χ3n) is 3.59. The van der Waals surface area contributed by atoms with Crippen LogP contribution in [0.1, 0.15) is 0 Å². The molecule has 1 fully saturated rings. The molecule has 2 heterocycles. The number of amides is 5. The highest BCUT2D eigenvalue weighted by molar-refractivity contribution is 7.22. The monoisotopic (exact) mass is 374 g/mol. The predicted molar refractivity (Wildman–Crippen MR) is 93.8 cm³/mol. The lowest BCUT2D eigenvalue weighted by molar-refractivity contribution is -0.143. The fourth-order valence-corrected chi connectivity index (χ4v) is 3.28. The van der Waals surface area contributed by atoms with Gasteiger partial charge >= 0.3 is 17.8 Å². The van der Waals surface area contributed by atoms with Crippen LogP contribution in [0.3, 0.4) is 0 Å². The largest absolute Gasteiger partial charge is 0.497 e. The van der Waals surface area contributed by atoms with Crippen molar-refractivity contribution in [3.8, 4) is 5.75 Å². The Hall–Kier alpha value is -3.27. The number of nitrogens with one attached hydrogen (secondary N) is 1. The lowest BCUT2D eigenvalue weighted by atomic mass is 10.3. The van der Waals surface area contributed by atoms with E-state index in [9.17, 15) is 19.2 Å². The third kappa shape index (κ3) is 3.14. The zero-order valence-electron chi connectivity index (χ0n) is 13.7. The van der Waals surface area contributed by atoms with E-state index in [2.05, 4.69) is 16.9 Å². The summed E-state index contributed by atoms with van der Waals surface area (Å²) in [6.07, 6.45) is 1.32. The molecular weight excluding hydrogens is 360 g/mol. The van der Waals surface area contributed by atoms with Crippen LogP contribution in [-0.2, 0) is 14.4 Å². The van der Waals surface area contributed by atoms with Crippen LogP contribution in [0.25, 0.3) is 10.2 Å². The predicted octanol–water partition coefficient (Wildman–Crippen LogP) is 1.22. The second-order valence-electron chi connectivity index (χ2n) is 5.28. The number of rotatable bonds is 6. The first-order valence-electron chi connectivity index (χ1n) is 7.47. The van der Waals surface area contributed by atoms with Crippen molar-refractivity contribution in [2.24, 2.45) is 0 Å². The summed E-state index contributed by atoms with van der Waals surface area (Å²) in [7, 11) is 1.55. The van der Waals surface area contributed by atoms with Gasteiger partial charge in [-0.15, -0.1) is 6.58 Å². The average Bonchev–Trinajstić information content (AvgIpc) is 3.10. The highest BCUT2D eigenvalue weighted by Gasteiger charge is 2.44. The maximum absolute atomic E-state index is 12.2. The van der Waals surface area contributed by atoms with Crippen LogP contribution >= 0.6 is 11.3 Å². The van der Waals surface area contributed by atoms with Crippen LogP contribution < -0.4 is 10.1 Å². The minimum Gasteiger partial charge on any atom is -0.497 e. The Morgan fingerprint density at radius 1 is 1.31 bits per heavy atom. The SMILES string of the molecule is C=CCN1C(=O)C(=O)N(CC(=O)Nc2nc3ccc(OC)cc3s2)C1=O. The Morgan fingerprint density at radius 2 is 2.04 bits per heavy atom. The van der Waals surface area contributed by atoms with Gasteiger partial charge in [0.05, 0.1) is 17.3 Å². The molecule has 134 valence electrons. The summed E-state index contributed by atoms with van der Waals surface area (Å²) in [5.74, 6) is -1.99. The summed E-state index contributed by atoms with van der Waals surface area (Å²) in [6.45, 7) is 2.75. The lowest BCUT2D eigenvalue weighted by Gasteiger charge is -2.13. The van der Waals surface area contributed by atoms with Crippen LogP contribution in [0.2, 0.25) is 0 Å². The number of carbonyl (C=O) groups excluding carboxylic acids is 4. The number of nitrogens with zero attached hydrogens (tertiary/aromatic N) is 3. The summed E-state index contributed by atoms with van der Waals surface area (Å²) in [5.41, 5.74) is 0.673. The molecule has 0 spiro atoms. The fourth-order valence-electron chi connectivity index (χ4n) is 2.37. The van der Waals surface area contributed by atoms with E-state index in [1.54, 1.807) is 25.3 Å². The summed E-state index contributed by atoms with van der Waals surface area (Å²) < 4.78 is 5.94. The van der Waals surface area contributed by atoms with E-state index >= 15 is 0 Å². The number of imide groups is 2. The topological polar surface area (TPSA) is 109 Å². The number of carbonyl (C=O) groups is 4. The first kappa shape index (κ1) is 17.5. The molecule has 1 aliphatic rings. The quantitative estimate of drug-likeness (QED) is 0.463. The number of fused-ring (bicyclic) bond motifs is 1. The number of aromatic nitrogens is 1. The van der Waals surface area contributed by atoms with Gasteiger partial charge in [-0.25, -0.2) is 14.7 Å². The van der Waals surface area contributed by atoms with E-state index in [4.69, 9.17) is 4.74 Å². The molecule has 0 aliphatic carbocycles. The molecule has 0 radical (unpaired) electrons. The molecule has 10 heteroatoms. The first-order valence-corrected chi connectivity index (χ1v) is 8.29. The second kappa shape index (κ2) is 6.92. The average molecular weight is 374 g/mol. The van der Waals surface area contributed by atoms with Gasteiger partial charge < -0.3 is 10.1 Å². The number of hydrogen-bond acceptors (Lipinski definition) is 7. The lowest BCUT2D eigenvalue weighted by Crippen LogP contribution is -2.39. The second-order valence-corrected chi connectivity index (χ2v) is 6.31. The smallest absolute Gasteiger partial charge is 0.335 e. The van der Waals surface area contributed by atoms with Crippen molar-refractivity contribution >= 4 is 50.4 Å². The maximum atomic E-state index is 12.2. The molecular formula is C16H14N4O5S. The Balaban J connectivity index is 1.71. The normalized spacial score (nSPS) is 14.3. The van der Waals surface area contributed by atoms with E-state index < -0.39 is 30.3 Å². The van der Waals surface area contributed by atoms with Gasteiger partial charge in [0, 0.05) is 6.54 Å². The standard InChI is InChI=1S/C16H14N4O5S/c1-3-6-19-13(22)14(23)20(16(19)24)8-12(21)18-15-17-10-5-4-9(25-2)7-11(10)26-15/h3-5,7H,1,6,8H2,2H3,(H,17,18,21). The Morgan fingerprint density at radius 3 is 2.73 bits per heavy atom. The molecule has 3 rings (SSSR count). The van der Waals surface area contributed by atoms with Gasteiger partial charge in [-0.3, -0.25) is 19.3 Å². The molecule has 1 saturated heterocycles. The van der Waals surface area contributed by atoms with Crippen LogP contribution in [0.5, 0.6) is 5.75 Å². The third-order valence-corrected chi connectivity index (χ3v) is 4.52. The number of anilines is 1. The van der Waals surface area contributed by atoms with E-state index in [1.807, 2.05) is 0 Å². The summed E-state index contributed by atoms with van der Waals surface area (Å²) in [5, 5.41) is 2.84. The van der Waals surface area contributed by atoms with Crippen molar-refractivity contribution in [3.63, 3.8) is 0 Å². The number of urea groups is 1. The van der Waals surface area contributed by atoms with Crippen molar-refractivity contribution in [2.45, 2.75) is 0 Å². The molecule has 9 nitrogen and oxygen atoms in total. The number of benzene rings is 1. The summed E-state index contributed by atoms with van der Waals surface area (Å²) in [6, 6.07) is 4.43. The molecule has 0 unspecified atom stereocenters. The molecule has 5 amide bonds. The summed E-state index contributed by atoms with van der Waals surface area (Å²) >= 11 is 1.22. The van der Waals surface area contributed by atoms with Gasteiger partial charge in [0.2, 0.25) is 5.91 Å². The Bertz CT molecular complexity index is 938.